The molecule has 5 aliphatic heterocycles. The molecule has 0 bridgehead atoms. The number of benzene rings is 2. The number of aliphatic hydroxyl groups is 1. The van der Waals surface area contributed by atoms with Gasteiger partial charge in [0.15, 0.2) is 11.6 Å². The minimum atomic E-state index is -4.65. The number of hydrogen-bond donors (Lipinski definition) is 4. The number of nitrogens with zero attached hydrogens (tertiary/aromatic N) is 8. The second kappa shape index (κ2) is 23.8. The summed E-state index contributed by atoms with van der Waals surface area (Å²) in [5, 5.41) is 29.2. The van der Waals surface area contributed by atoms with Crippen LogP contribution in [0.25, 0.3) is 11.0 Å². The van der Waals surface area contributed by atoms with Crippen molar-refractivity contribution in [1.29, 1.82) is 0 Å². The van der Waals surface area contributed by atoms with Crippen molar-refractivity contribution in [3.8, 4) is 11.6 Å². The Balaban J connectivity index is 0.739. The Labute approximate surface area is 506 Å². The normalized spacial score (nSPS) is 24.7. The zero-order chi connectivity index (χ0) is 59.5. The first-order chi connectivity index (χ1) is 41.5. The number of hydrogen-bond acceptors (Lipinski definition) is 19. The SMILES string of the molecule is COc1cc(CN2CCN(C3CC4(CCN(c5ccc(C(=O)NS(=O)(=O)c6ccc(NC[C@H]7CC[C@](C)(O)CC7)c([N+](=O)[O-])c6)c(N6c7cc8cc[nH]c8nc7O[C@H]7COCC[C@@H]76)c5)CC4)C3)[C@H](c3sccc3C(C)C)C2)cnc1N1CCOCC1. The number of anilines is 5. The zero-order valence-electron chi connectivity index (χ0n) is 49.5. The summed E-state index contributed by atoms with van der Waals surface area (Å²) in [5.41, 5.74) is 4.61. The van der Waals surface area contributed by atoms with Crippen molar-refractivity contribution in [1.82, 2.24) is 29.5 Å². The molecule has 2 aromatic carbocycles. The molecule has 6 aromatic rings. The summed E-state index contributed by atoms with van der Waals surface area (Å²) < 4.78 is 55.0. The number of nitrogens with one attached hydrogen (secondary N) is 3. The summed E-state index contributed by atoms with van der Waals surface area (Å²) in [6.45, 7) is 15.9. The van der Waals surface area contributed by atoms with E-state index in [1.165, 1.54) is 22.6 Å². The highest BCUT2D eigenvalue weighted by Crippen LogP contribution is 2.54. The summed E-state index contributed by atoms with van der Waals surface area (Å²) in [6.07, 6.45) is 11.0. The maximum atomic E-state index is 14.9. The van der Waals surface area contributed by atoms with Crippen molar-refractivity contribution in [3.63, 3.8) is 0 Å². The number of fused-ring (bicyclic) bond motifs is 3. The fourth-order valence-electron chi connectivity index (χ4n) is 14.6. The van der Waals surface area contributed by atoms with Gasteiger partial charge in [-0.2, -0.15) is 4.98 Å². The molecule has 4 N–H and O–H groups in total. The summed E-state index contributed by atoms with van der Waals surface area (Å²) in [5.74, 6) is 1.77. The van der Waals surface area contributed by atoms with Crippen molar-refractivity contribution in [2.75, 3.05) is 106 Å². The number of sulfonamides is 1. The summed E-state index contributed by atoms with van der Waals surface area (Å²) in [6, 6.07) is 18.1. The van der Waals surface area contributed by atoms with E-state index in [0.717, 1.165) is 125 Å². The average Bonchev–Trinajstić information content (AvgIpc) is 1.59. The van der Waals surface area contributed by atoms with Crippen LogP contribution in [0.2, 0.25) is 0 Å². The Kier molecular flexibility index (Phi) is 16.2. The van der Waals surface area contributed by atoms with E-state index in [2.05, 4.69) is 70.9 Å². The number of carbonyl (C=O) groups is 1. The molecule has 9 heterocycles. The standard InChI is InChI=1S/C63H79N11O10S2/c1-40(2)47-13-28-85-57(47)54-38-69(37-42-29-55(81-4)59(66-36-42)71-23-26-82-27-24-71)21-22-72(54)45-33-63(34-45)16-19-70(20-17-63)44-5-7-48(51(31-44)73-50-12-25-83-39-56(50)84-61-53(73)30-43-11-18-64-58(43)67-61)60(75)68-86(79,80)46-6-8-49(52(32-46)74(77)78)65-35-41-9-14-62(3,76)15-10-41/h5-8,11,13,18,28-32,36,40-41,45,50,54,56,65,76H,9-10,12,14-17,19-27,33-35,37-39H2,1-4H3,(H,64,67)(H,68,75)/t41-,50-,54-,56-,62-/m0/s1. The third-order valence-electron chi connectivity index (χ3n) is 19.5. The predicted octanol–water partition coefficient (Wildman–Crippen LogP) is 9.36. The molecule has 2 saturated carbocycles. The van der Waals surface area contributed by atoms with Crippen LogP contribution in [-0.2, 0) is 26.0 Å². The van der Waals surface area contributed by atoms with Crippen LogP contribution in [0.15, 0.2) is 83.3 Å². The van der Waals surface area contributed by atoms with Crippen molar-refractivity contribution < 1.29 is 42.2 Å². The molecule has 13 rings (SSSR count). The second-order valence-corrected chi connectivity index (χ2v) is 28.1. The highest BCUT2D eigenvalue weighted by Gasteiger charge is 2.51. The number of methoxy groups -OCH3 is 1. The predicted molar refractivity (Wildman–Crippen MR) is 331 cm³/mol. The lowest BCUT2D eigenvalue weighted by Gasteiger charge is -2.58. The molecule has 1 spiro atoms. The Morgan fingerprint density at radius 1 is 0.942 bits per heavy atom. The van der Waals surface area contributed by atoms with Crippen molar-refractivity contribution in [2.24, 2.45) is 11.3 Å². The van der Waals surface area contributed by atoms with Crippen LogP contribution in [0.5, 0.6) is 11.6 Å². The van der Waals surface area contributed by atoms with Crippen molar-refractivity contribution in [2.45, 2.75) is 126 Å². The lowest BCUT2D eigenvalue weighted by atomic mass is 9.59. The van der Waals surface area contributed by atoms with Gasteiger partial charge in [0.2, 0.25) is 5.88 Å². The van der Waals surface area contributed by atoms with Gasteiger partial charge in [0.1, 0.15) is 23.1 Å². The molecule has 3 atom stereocenters. The van der Waals surface area contributed by atoms with Crippen LogP contribution < -0.4 is 34.2 Å². The molecule has 86 heavy (non-hydrogen) atoms. The monoisotopic (exact) mass is 1210 g/mol. The minimum absolute atomic E-state index is 0.109. The van der Waals surface area contributed by atoms with Crippen LogP contribution in [0, 0.1) is 21.4 Å². The number of ether oxygens (including phenoxy) is 4. The maximum Gasteiger partial charge on any atom is 0.293 e. The molecule has 0 radical (unpaired) electrons. The topological polar surface area (TPSA) is 233 Å². The van der Waals surface area contributed by atoms with Crippen molar-refractivity contribution >= 4 is 72.6 Å². The molecule has 7 aliphatic rings. The molecule has 4 aromatic heterocycles. The number of amides is 1. The van der Waals surface area contributed by atoms with Gasteiger partial charge in [-0.15, -0.1) is 11.3 Å². The molecular weight excluding hydrogens is 1130 g/mol. The number of aromatic nitrogens is 3. The van der Waals surface area contributed by atoms with Gasteiger partial charge < -0.3 is 49.1 Å². The minimum Gasteiger partial charge on any atom is -0.493 e. The van der Waals surface area contributed by atoms with Gasteiger partial charge in [-0.1, -0.05) is 13.8 Å². The maximum absolute atomic E-state index is 14.9. The molecule has 6 fully saturated rings. The number of carbonyl (C=O) groups excluding carboxylic acids is 1. The molecule has 4 saturated heterocycles. The smallest absolute Gasteiger partial charge is 0.293 e. The quantitative estimate of drug-likeness (QED) is 0.0522. The first-order valence-corrected chi connectivity index (χ1v) is 33.0. The lowest BCUT2D eigenvalue weighted by molar-refractivity contribution is -0.384. The summed E-state index contributed by atoms with van der Waals surface area (Å²) in [4.78, 5) is 52.9. The second-order valence-electron chi connectivity index (χ2n) is 25.5. The summed E-state index contributed by atoms with van der Waals surface area (Å²) >= 11 is 1.89. The number of nitro groups is 1. The van der Waals surface area contributed by atoms with Crippen molar-refractivity contribution in [3.05, 3.63) is 110 Å². The van der Waals surface area contributed by atoms with E-state index in [1.807, 2.05) is 54.9 Å². The Hall–Kier alpha value is -6.60. The molecule has 0 unspecified atom stereocenters. The van der Waals surface area contributed by atoms with Crippen LogP contribution in [0.1, 0.15) is 117 Å². The number of piperazine rings is 1. The third-order valence-corrected chi connectivity index (χ3v) is 21.9. The Morgan fingerprint density at radius 2 is 1.74 bits per heavy atom. The van der Waals surface area contributed by atoms with Crippen LogP contribution in [0.4, 0.5) is 34.3 Å². The highest BCUT2D eigenvalue weighted by atomic mass is 32.2. The Bertz CT molecular complexity index is 3580. The third kappa shape index (κ3) is 11.7. The van der Waals surface area contributed by atoms with Crippen LogP contribution in [-0.4, -0.2) is 159 Å². The Morgan fingerprint density at radius 3 is 2.51 bits per heavy atom. The molecular formula is C63H79N11O10S2. The fraction of sp³-hybridized carbons (Fsp3) is 0.540. The summed E-state index contributed by atoms with van der Waals surface area (Å²) in [7, 11) is -2.92. The van der Waals surface area contributed by atoms with E-state index in [9.17, 15) is 28.4 Å². The number of thiophene rings is 1. The first-order valence-electron chi connectivity index (χ1n) is 30.6. The number of nitro benzene ring substituents is 1. The molecule has 23 heteroatoms. The number of piperidine rings is 1. The van der Waals surface area contributed by atoms with Gasteiger partial charge in [-0.05, 0) is 153 Å². The number of morpholine rings is 1. The highest BCUT2D eigenvalue weighted by molar-refractivity contribution is 7.90. The number of rotatable bonds is 16. The molecule has 1 amide bonds. The van der Waals surface area contributed by atoms with Gasteiger partial charge in [0.25, 0.3) is 21.6 Å². The first kappa shape index (κ1) is 58.4. The zero-order valence-corrected chi connectivity index (χ0v) is 51.2. The van der Waals surface area contributed by atoms with E-state index >= 15 is 0 Å². The van der Waals surface area contributed by atoms with E-state index < -0.39 is 43.1 Å². The average molecular weight is 1210 g/mol. The van der Waals surface area contributed by atoms with Gasteiger partial charge in [0.05, 0.1) is 65.7 Å². The van der Waals surface area contributed by atoms with E-state index in [0.29, 0.717) is 87.1 Å². The molecule has 458 valence electrons. The molecule has 21 nitrogen and oxygen atoms in total. The van der Waals surface area contributed by atoms with Crippen LogP contribution in [0.3, 0.4) is 0 Å². The number of aromatic amines is 1. The number of H-pyrrole nitrogens is 1. The lowest BCUT2D eigenvalue weighted by Crippen LogP contribution is -2.59. The number of pyridine rings is 2. The fourth-order valence-corrected chi connectivity index (χ4v) is 16.7. The van der Waals surface area contributed by atoms with Gasteiger partial charge in [0, 0.05) is 106 Å². The van der Waals surface area contributed by atoms with Gasteiger partial charge >= 0.3 is 0 Å². The van der Waals surface area contributed by atoms with E-state index in [-0.39, 0.29) is 34.7 Å². The largest absolute Gasteiger partial charge is 0.493 e. The van der Waals surface area contributed by atoms with E-state index in [1.54, 1.807) is 13.2 Å². The van der Waals surface area contributed by atoms with E-state index in [4.69, 9.17) is 28.9 Å². The molecule has 2 aliphatic carbocycles. The van der Waals surface area contributed by atoms with Crippen LogP contribution >= 0.6 is 11.3 Å². The van der Waals surface area contributed by atoms with Gasteiger partial charge in [-0.25, -0.2) is 18.1 Å². The van der Waals surface area contributed by atoms with Gasteiger partial charge in [-0.3, -0.25) is 24.7 Å².